The third-order valence-electron chi connectivity index (χ3n) is 2.74. The lowest BCUT2D eigenvalue weighted by atomic mass is 10.2. The van der Waals surface area contributed by atoms with Gasteiger partial charge >= 0.3 is 5.97 Å². The Labute approximate surface area is 124 Å². The van der Waals surface area contributed by atoms with Gasteiger partial charge in [-0.25, -0.2) is 9.78 Å². The van der Waals surface area contributed by atoms with Gasteiger partial charge < -0.3 is 10.4 Å². The second-order valence-electron chi connectivity index (χ2n) is 4.17. The topological polar surface area (TPSA) is 116 Å². The van der Waals surface area contributed by atoms with Crippen molar-refractivity contribution in [2.45, 2.75) is 13.8 Å². The molecule has 0 aliphatic heterocycles. The van der Waals surface area contributed by atoms with Crippen LogP contribution >= 0.6 is 11.5 Å². The highest BCUT2D eigenvalue weighted by Crippen LogP contribution is 2.24. The van der Waals surface area contributed by atoms with Crippen LogP contribution in [0.15, 0.2) is 12.1 Å². The number of carbonyl (C=O) groups is 2. The first-order chi connectivity index (χ1) is 9.93. The summed E-state index contributed by atoms with van der Waals surface area (Å²) < 4.78 is 3.91. The molecule has 1 amide bonds. The number of carbonyl (C=O) groups excluding carboxylic acids is 1. The third kappa shape index (κ3) is 2.88. The van der Waals surface area contributed by atoms with Gasteiger partial charge in [0.2, 0.25) is 0 Å². The van der Waals surface area contributed by atoms with E-state index < -0.39 is 11.9 Å². The highest BCUT2D eigenvalue weighted by atomic mass is 32.1. The fourth-order valence-corrected chi connectivity index (χ4v) is 2.46. The van der Waals surface area contributed by atoms with Crippen LogP contribution in [-0.2, 0) is 0 Å². The Balaban J connectivity index is 2.29. The van der Waals surface area contributed by atoms with Crippen LogP contribution in [0.1, 0.15) is 37.8 Å². The molecule has 8 heteroatoms. The summed E-state index contributed by atoms with van der Waals surface area (Å²) in [6, 6.07) is 4.86. The highest BCUT2D eigenvalue weighted by molar-refractivity contribution is 7.11. The van der Waals surface area contributed by atoms with Gasteiger partial charge in [0.15, 0.2) is 0 Å². The molecule has 0 saturated heterocycles. The van der Waals surface area contributed by atoms with E-state index in [9.17, 15) is 9.59 Å². The van der Waals surface area contributed by atoms with Crippen LogP contribution in [0.4, 0.5) is 5.00 Å². The monoisotopic (exact) mass is 302 g/mol. The van der Waals surface area contributed by atoms with Gasteiger partial charge in [0.05, 0.1) is 17.0 Å². The number of carboxylic acids is 1. The smallest absolute Gasteiger partial charge is 0.340 e. The Kier molecular flexibility index (Phi) is 3.95. The molecule has 2 aromatic rings. The van der Waals surface area contributed by atoms with Crippen LogP contribution < -0.4 is 5.32 Å². The zero-order chi connectivity index (χ0) is 15.6. The molecule has 0 atom stereocenters. The summed E-state index contributed by atoms with van der Waals surface area (Å²) in [6.45, 7) is 3.18. The van der Waals surface area contributed by atoms with E-state index in [2.05, 4.69) is 14.7 Å². The van der Waals surface area contributed by atoms with Crippen molar-refractivity contribution in [2.75, 3.05) is 5.32 Å². The molecule has 2 heterocycles. The standard InChI is InChI=1S/C13H10N4O3S/c1-6-8(5-14)3-4-9(15-6)11(18)16-12-10(13(19)20)7(2)17-21-12/h3-4H,1-2H3,(H,16,18)(H,19,20). The molecule has 2 rings (SSSR count). The van der Waals surface area contributed by atoms with Crippen LogP contribution in [0.5, 0.6) is 0 Å². The Morgan fingerprint density at radius 3 is 2.62 bits per heavy atom. The van der Waals surface area contributed by atoms with E-state index in [1.807, 2.05) is 6.07 Å². The molecule has 0 aliphatic rings. The molecule has 0 unspecified atom stereocenters. The summed E-state index contributed by atoms with van der Waals surface area (Å²) in [7, 11) is 0. The van der Waals surface area contributed by atoms with Crippen molar-refractivity contribution in [3.63, 3.8) is 0 Å². The lowest BCUT2D eigenvalue weighted by molar-refractivity contribution is 0.0697. The van der Waals surface area contributed by atoms with Gasteiger partial charge in [-0.3, -0.25) is 4.79 Å². The van der Waals surface area contributed by atoms with E-state index in [4.69, 9.17) is 10.4 Å². The number of carboxylic acid groups (broad SMARTS) is 1. The van der Waals surface area contributed by atoms with Crippen LogP contribution in [0.25, 0.3) is 0 Å². The largest absolute Gasteiger partial charge is 0.478 e. The van der Waals surface area contributed by atoms with Crippen LogP contribution in [0.2, 0.25) is 0 Å². The molecule has 0 aliphatic carbocycles. The van der Waals surface area contributed by atoms with Crippen molar-refractivity contribution in [3.05, 3.63) is 40.3 Å². The molecular weight excluding hydrogens is 292 g/mol. The van der Waals surface area contributed by atoms with Crippen LogP contribution in [-0.4, -0.2) is 26.3 Å². The maximum absolute atomic E-state index is 12.1. The Bertz CT molecular complexity index is 776. The number of nitriles is 1. The lowest BCUT2D eigenvalue weighted by Crippen LogP contribution is -2.15. The van der Waals surface area contributed by atoms with Crippen molar-refractivity contribution in [1.29, 1.82) is 5.26 Å². The third-order valence-corrected chi connectivity index (χ3v) is 3.60. The van der Waals surface area contributed by atoms with Crippen molar-refractivity contribution in [1.82, 2.24) is 9.36 Å². The molecule has 0 spiro atoms. The van der Waals surface area contributed by atoms with Crippen molar-refractivity contribution < 1.29 is 14.7 Å². The summed E-state index contributed by atoms with van der Waals surface area (Å²) >= 11 is 0.896. The molecular formula is C13H10N4O3S. The number of aromatic nitrogens is 2. The molecule has 0 fully saturated rings. The number of pyridine rings is 1. The first-order valence-corrected chi connectivity index (χ1v) is 6.60. The molecule has 21 heavy (non-hydrogen) atoms. The van der Waals surface area contributed by atoms with E-state index in [1.54, 1.807) is 13.8 Å². The van der Waals surface area contributed by atoms with E-state index >= 15 is 0 Å². The number of aromatic carboxylic acids is 1. The van der Waals surface area contributed by atoms with Gasteiger partial charge in [-0.15, -0.1) is 0 Å². The van der Waals surface area contributed by atoms with Crippen LogP contribution in [0.3, 0.4) is 0 Å². The minimum Gasteiger partial charge on any atom is -0.478 e. The zero-order valence-electron chi connectivity index (χ0n) is 11.2. The number of amides is 1. The molecule has 0 saturated carbocycles. The summed E-state index contributed by atoms with van der Waals surface area (Å²) in [5, 5.41) is 20.6. The van der Waals surface area contributed by atoms with E-state index in [-0.39, 0.29) is 16.3 Å². The molecule has 2 aromatic heterocycles. The first kappa shape index (κ1) is 14.6. The fraction of sp³-hybridized carbons (Fsp3) is 0.154. The fourth-order valence-electron chi connectivity index (χ4n) is 1.68. The van der Waals surface area contributed by atoms with E-state index in [0.717, 1.165) is 11.5 Å². The SMILES string of the molecule is Cc1nc(C(=O)Nc2snc(C)c2C(=O)O)ccc1C#N. The molecule has 106 valence electrons. The molecule has 0 aromatic carbocycles. The van der Waals surface area contributed by atoms with Gasteiger partial charge in [0.25, 0.3) is 5.91 Å². The minimum absolute atomic E-state index is 0.0290. The van der Waals surface area contributed by atoms with Gasteiger partial charge in [-0.05, 0) is 37.5 Å². The number of nitrogens with one attached hydrogen (secondary N) is 1. The van der Waals surface area contributed by atoms with Gasteiger partial charge in [-0.1, -0.05) is 0 Å². The number of anilines is 1. The number of aryl methyl sites for hydroxylation is 2. The second-order valence-corrected chi connectivity index (χ2v) is 4.95. The number of hydrogen-bond acceptors (Lipinski definition) is 6. The Hall–Kier alpha value is -2.79. The molecule has 2 N–H and O–H groups in total. The highest BCUT2D eigenvalue weighted by Gasteiger charge is 2.20. The van der Waals surface area contributed by atoms with Gasteiger partial charge in [-0.2, -0.15) is 9.64 Å². The molecule has 0 radical (unpaired) electrons. The normalized spacial score (nSPS) is 9.95. The predicted molar refractivity (Wildman–Crippen MR) is 75.5 cm³/mol. The summed E-state index contributed by atoms with van der Waals surface area (Å²) in [5.41, 5.74) is 1.23. The number of nitrogens with zero attached hydrogens (tertiary/aromatic N) is 3. The predicted octanol–water partition coefficient (Wildman–Crippen LogP) is 1.98. The lowest BCUT2D eigenvalue weighted by Gasteiger charge is -2.04. The summed E-state index contributed by atoms with van der Waals surface area (Å²) in [6.07, 6.45) is 0. The maximum Gasteiger partial charge on any atom is 0.340 e. The second kappa shape index (κ2) is 5.68. The molecule has 0 bridgehead atoms. The minimum atomic E-state index is -1.15. The average Bonchev–Trinajstić information content (AvgIpc) is 2.79. The van der Waals surface area contributed by atoms with E-state index in [0.29, 0.717) is 17.0 Å². The van der Waals surface area contributed by atoms with Crippen molar-refractivity contribution >= 4 is 28.4 Å². The average molecular weight is 302 g/mol. The van der Waals surface area contributed by atoms with Crippen molar-refractivity contribution in [2.24, 2.45) is 0 Å². The Morgan fingerprint density at radius 2 is 2.05 bits per heavy atom. The maximum atomic E-state index is 12.1. The number of hydrogen-bond donors (Lipinski definition) is 2. The summed E-state index contributed by atoms with van der Waals surface area (Å²) in [4.78, 5) is 27.2. The number of rotatable bonds is 3. The zero-order valence-corrected chi connectivity index (χ0v) is 12.0. The van der Waals surface area contributed by atoms with Crippen molar-refractivity contribution in [3.8, 4) is 6.07 Å². The first-order valence-electron chi connectivity index (χ1n) is 5.82. The molecule has 7 nitrogen and oxygen atoms in total. The quantitative estimate of drug-likeness (QED) is 0.895. The van der Waals surface area contributed by atoms with Gasteiger partial charge in [0, 0.05) is 0 Å². The summed E-state index contributed by atoms with van der Waals surface area (Å²) in [5.74, 6) is -1.70. The van der Waals surface area contributed by atoms with E-state index in [1.165, 1.54) is 12.1 Å². The Morgan fingerprint density at radius 1 is 1.33 bits per heavy atom. The van der Waals surface area contributed by atoms with Crippen LogP contribution in [0, 0.1) is 25.2 Å². The van der Waals surface area contributed by atoms with Gasteiger partial charge in [0.1, 0.15) is 22.3 Å².